The molecule has 1 aliphatic rings. The van der Waals surface area contributed by atoms with E-state index >= 15 is 0 Å². The van der Waals surface area contributed by atoms with Gasteiger partial charge in [0.15, 0.2) is 0 Å². The van der Waals surface area contributed by atoms with Crippen LogP contribution >= 0.6 is 0 Å². The molecule has 2 rings (SSSR count). The Morgan fingerprint density at radius 3 is 2.43 bits per heavy atom. The van der Waals surface area contributed by atoms with E-state index in [4.69, 9.17) is 0 Å². The van der Waals surface area contributed by atoms with Crippen LogP contribution in [0.25, 0.3) is 0 Å². The molecule has 1 fully saturated rings. The molecule has 1 atom stereocenters. The highest BCUT2D eigenvalue weighted by atomic mass is 16.2. The molecular weight excluding hydrogens is 354 g/mol. The molecule has 6 heteroatoms. The first-order valence-electron chi connectivity index (χ1n) is 10.0. The summed E-state index contributed by atoms with van der Waals surface area (Å²) in [4.78, 5) is 44.2. The third-order valence-corrected chi connectivity index (χ3v) is 5.57. The van der Waals surface area contributed by atoms with Gasteiger partial charge in [-0.3, -0.25) is 19.3 Å². The Morgan fingerprint density at radius 2 is 1.82 bits per heavy atom. The maximum Gasteiger partial charge on any atom is 0.240 e. The van der Waals surface area contributed by atoms with Crippen molar-refractivity contribution in [2.24, 2.45) is 0 Å². The highest BCUT2D eigenvalue weighted by molar-refractivity contribution is 6.10. The number of aryl methyl sites for hydroxylation is 1. The second-order valence-electron chi connectivity index (χ2n) is 8.07. The summed E-state index contributed by atoms with van der Waals surface area (Å²) in [5.74, 6) is -0.530. The Hall–Kier alpha value is -2.21. The Morgan fingerprint density at radius 1 is 1.14 bits per heavy atom. The number of nitrogens with zero attached hydrogens (tertiary/aromatic N) is 3. The van der Waals surface area contributed by atoms with Crippen molar-refractivity contribution in [2.75, 3.05) is 40.8 Å². The monoisotopic (exact) mass is 387 g/mol. The number of benzene rings is 1. The van der Waals surface area contributed by atoms with Crippen LogP contribution in [0.5, 0.6) is 0 Å². The van der Waals surface area contributed by atoms with Gasteiger partial charge in [-0.15, -0.1) is 0 Å². The van der Waals surface area contributed by atoms with Crippen LogP contribution in [0.4, 0.5) is 0 Å². The molecule has 28 heavy (non-hydrogen) atoms. The van der Waals surface area contributed by atoms with E-state index in [9.17, 15) is 14.4 Å². The SMILES string of the molecule is CCCCN(C)C(=O)C[C@@]1(c2ccccc2C)CC(=O)N(CCN(C)C)C1=O. The average molecular weight is 388 g/mol. The van der Waals surface area contributed by atoms with Gasteiger partial charge in [0, 0.05) is 39.5 Å². The molecule has 1 aromatic carbocycles. The zero-order valence-electron chi connectivity index (χ0n) is 17.8. The number of likely N-dealkylation sites (N-methyl/N-ethyl adjacent to an activating group) is 1. The lowest BCUT2D eigenvalue weighted by Gasteiger charge is -2.30. The summed E-state index contributed by atoms with van der Waals surface area (Å²) in [7, 11) is 5.59. The first-order valence-corrected chi connectivity index (χ1v) is 10.0. The fourth-order valence-corrected chi connectivity index (χ4v) is 3.79. The summed E-state index contributed by atoms with van der Waals surface area (Å²) in [6, 6.07) is 7.60. The van der Waals surface area contributed by atoms with Gasteiger partial charge in [0.25, 0.3) is 0 Å². The van der Waals surface area contributed by atoms with E-state index in [0.29, 0.717) is 19.6 Å². The molecule has 0 saturated carbocycles. The van der Waals surface area contributed by atoms with Gasteiger partial charge in [0.2, 0.25) is 17.7 Å². The highest BCUT2D eigenvalue weighted by Crippen LogP contribution is 2.41. The molecule has 0 aliphatic carbocycles. The van der Waals surface area contributed by atoms with Gasteiger partial charge in [-0.05, 0) is 38.6 Å². The Bertz CT molecular complexity index is 731. The molecule has 154 valence electrons. The second kappa shape index (κ2) is 9.32. The Balaban J connectivity index is 2.39. The molecule has 0 aromatic heterocycles. The van der Waals surface area contributed by atoms with Gasteiger partial charge < -0.3 is 9.80 Å². The summed E-state index contributed by atoms with van der Waals surface area (Å²) in [5, 5.41) is 0. The number of carbonyl (C=O) groups is 3. The molecule has 1 aliphatic heterocycles. The number of hydrogen-bond acceptors (Lipinski definition) is 4. The first-order chi connectivity index (χ1) is 13.2. The summed E-state index contributed by atoms with van der Waals surface area (Å²) < 4.78 is 0. The lowest BCUT2D eigenvalue weighted by atomic mass is 9.74. The van der Waals surface area contributed by atoms with Crippen molar-refractivity contribution in [3.63, 3.8) is 0 Å². The molecular formula is C22H33N3O3. The highest BCUT2D eigenvalue weighted by Gasteiger charge is 2.54. The van der Waals surface area contributed by atoms with E-state index in [0.717, 1.165) is 24.0 Å². The van der Waals surface area contributed by atoms with E-state index in [1.807, 2.05) is 50.2 Å². The van der Waals surface area contributed by atoms with Crippen molar-refractivity contribution in [1.29, 1.82) is 0 Å². The number of imide groups is 1. The zero-order chi connectivity index (χ0) is 20.9. The van der Waals surface area contributed by atoms with Gasteiger partial charge in [0.05, 0.1) is 5.41 Å². The molecule has 6 nitrogen and oxygen atoms in total. The molecule has 1 aromatic rings. The normalized spacial score (nSPS) is 19.6. The summed E-state index contributed by atoms with van der Waals surface area (Å²) in [6.45, 7) is 5.62. The number of hydrogen-bond donors (Lipinski definition) is 0. The lowest BCUT2D eigenvalue weighted by molar-refractivity contribution is -0.142. The quantitative estimate of drug-likeness (QED) is 0.610. The minimum atomic E-state index is -1.10. The van der Waals surface area contributed by atoms with Gasteiger partial charge in [0.1, 0.15) is 0 Å². The summed E-state index contributed by atoms with van der Waals surface area (Å²) in [6.07, 6.45) is 2.00. The van der Waals surface area contributed by atoms with Crippen molar-refractivity contribution in [3.05, 3.63) is 35.4 Å². The smallest absolute Gasteiger partial charge is 0.240 e. The van der Waals surface area contributed by atoms with Crippen LogP contribution in [-0.2, 0) is 19.8 Å². The second-order valence-corrected chi connectivity index (χ2v) is 8.07. The van der Waals surface area contributed by atoms with Gasteiger partial charge >= 0.3 is 0 Å². The largest absolute Gasteiger partial charge is 0.346 e. The maximum absolute atomic E-state index is 13.5. The van der Waals surface area contributed by atoms with E-state index in [-0.39, 0.29) is 30.6 Å². The third kappa shape index (κ3) is 4.61. The van der Waals surface area contributed by atoms with Crippen LogP contribution in [0.15, 0.2) is 24.3 Å². The zero-order valence-corrected chi connectivity index (χ0v) is 17.8. The van der Waals surface area contributed by atoms with Crippen molar-refractivity contribution >= 4 is 17.7 Å². The van der Waals surface area contributed by atoms with Crippen LogP contribution < -0.4 is 0 Å². The van der Waals surface area contributed by atoms with Crippen molar-refractivity contribution < 1.29 is 14.4 Å². The maximum atomic E-state index is 13.5. The van der Waals surface area contributed by atoms with Gasteiger partial charge in [-0.25, -0.2) is 0 Å². The molecule has 0 unspecified atom stereocenters. The topological polar surface area (TPSA) is 60.9 Å². The van der Waals surface area contributed by atoms with Gasteiger partial charge in [-0.2, -0.15) is 0 Å². The Labute approximate surface area is 168 Å². The molecule has 0 N–H and O–H groups in total. The molecule has 0 radical (unpaired) electrons. The Kier molecular flexibility index (Phi) is 7.35. The lowest BCUT2D eigenvalue weighted by Crippen LogP contribution is -2.44. The summed E-state index contributed by atoms with van der Waals surface area (Å²) in [5.41, 5.74) is 0.617. The van der Waals surface area contributed by atoms with E-state index in [1.165, 1.54) is 4.90 Å². The standard InChI is InChI=1S/C22H33N3O3/c1-6-7-12-24(5)19(26)15-22(18-11-9-8-10-17(18)2)16-20(27)25(21(22)28)14-13-23(3)4/h8-11H,6-7,12-16H2,1-5H3/t22-/m0/s1. The molecule has 0 spiro atoms. The molecule has 1 heterocycles. The number of carbonyl (C=O) groups excluding carboxylic acids is 3. The molecule has 0 bridgehead atoms. The van der Waals surface area contributed by atoms with Crippen LogP contribution in [-0.4, -0.2) is 73.2 Å². The molecule has 1 saturated heterocycles. The third-order valence-electron chi connectivity index (χ3n) is 5.57. The minimum Gasteiger partial charge on any atom is -0.346 e. The average Bonchev–Trinajstić information content (AvgIpc) is 2.88. The van der Waals surface area contributed by atoms with Crippen LogP contribution in [0.2, 0.25) is 0 Å². The van der Waals surface area contributed by atoms with E-state index in [2.05, 4.69) is 6.92 Å². The predicted molar refractivity (Wildman–Crippen MR) is 110 cm³/mol. The van der Waals surface area contributed by atoms with Crippen LogP contribution in [0, 0.1) is 6.92 Å². The van der Waals surface area contributed by atoms with Crippen molar-refractivity contribution in [1.82, 2.24) is 14.7 Å². The predicted octanol–water partition coefficient (Wildman–Crippen LogP) is 2.20. The minimum absolute atomic E-state index is 0.0289. The fourth-order valence-electron chi connectivity index (χ4n) is 3.79. The van der Waals surface area contributed by atoms with Crippen molar-refractivity contribution in [2.45, 2.75) is 44.9 Å². The number of unbranched alkanes of at least 4 members (excludes halogenated alkanes) is 1. The van der Waals surface area contributed by atoms with E-state index in [1.54, 1.807) is 11.9 Å². The number of amides is 3. The van der Waals surface area contributed by atoms with Gasteiger partial charge in [-0.1, -0.05) is 37.6 Å². The number of likely N-dealkylation sites (tertiary alicyclic amines) is 1. The number of rotatable bonds is 9. The first kappa shape index (κ1) is 22.1. The van der Waals surface area contributed by atoms with Crippen LogP contribution in [0.1, 0.15) is 43.7 Å². The van der Waals surface area contributed by atoms with E-state index < -0.39 is 5.41 Å². The molecule has 3 amide bonds. The van der Waals surface area contributed by atoms with Crippen molar-refractivity contribution in [3.8, 4) is 0 Å². The summed E-state index contributed by atoms with van der Waals surface area (Å²) >= 11 is 0. The fraction of sp³-hybridized carbons (Fsp3) is 0.591. The van der Waals surface area contributed by atoms with Crippen LogP contribution in [0.3, 0.4) is 0 Å².